The first-order valence-electron chi connectivity index (χ1n) is 9.10. The lowest BCUT2D eigenvalue weighted by Gasteiger charge is -2.20. The summed E-state index contributed by atoms with van der Waals surface area (Å²) in [5, 5.41) is 2.97. The van der Waals surface area contributed by atoms with Gasteiger partial charge in [0.1, 0.15) is 5.82 Å². The summed E-state index contributed by atoms with van der Waals surface area (Å²) in [5.41, 5.74) is 1.07. The van der Waals surface area contributed by atoms with Crippen LogP contribution >= 0.6 is 0 Å². The van der Waals surface area contributed by atoms with Crippen molar-refractivity contribution in [3.8, 4) is 0 Å². The highest BCUT2D eigenvalue weighted by Crippen LogP contribution is 2.21. The SMILES string of the molecule is O=C(CNc1ccc(S(=O)(=O)N2CCCCCC2)cc1)c1ccc(F)cc1. The normalized spacial score (nSPS) is 15.9. The van der Waals surface area contributed by atoms with Crippen LogP contribution in [0.1, 0.15) is 36.0 Å². The summed E-state index contributed by atoms with van der Waals surface area (Å²) in [6.45, 7) is 1.17. The summed E-state index contributed by atoms with van der Waals surface area (Å²) < 4.78 is 40.0. The highest BCUT2D eigenvalue weighted by Gasteiger charge is 2.24. The van der Waals surface area contributed by atoms with Crippen LogP contribution < -0.4 is 5.32 Å². The average Bonchev–Trinajstić information content (AvgIpc) is 2.97. The quantitative estimate of drug-likeness (QED) is 0.764. The van der Waals surface area contributed by atoms with E-state index in [9.17, 15) is 17.6 Å². The third-order valence-corrected chi connectivity index (χ3v) is 6.59. The van der Waals surface area contributed by atoms with Crippen LogP contribution in [0.4, 0.5) is 10.1 Å². The summed E-state index contributed by atoms with van der Waals surface area (Å²) >= 11 is 0. The lowest BCUT2D eigenvalue weighted by Crippen LogP contribution is -2.31. The van der Waals surface area contributed by atoms with Gasteiger partial charge in [-0.2, -0.15) is 4.31 Å². The van der Waals surface area contributed by atoms with Crippen molar-refractivity contribution in [1.82, 2.24) is 4.31 Å². The van der Waals surface area contributed by atoms with Gasteiger partial charge >= 0.3 is 0 Å². The molecule has 7 heteroatoms. The number of nitrogens with one attached hydrogen (secondary N) is 1. The summed E-state index contributed by atoms with van der Waals surface area (Å²) in [7, 11) is -3.48. The Balaban J connectivity index is 1.62. The fraction of sp³-hybridized carbons (Fsp3) is 0.350. The molecule has 1 aliphatic heterocycles. The Morgan fingerprint density at radius 2 is 1.52 bits per heavy atom. The highest BCUT2D eigenvalue weighted by molar-refractivity contribution is 7.89. The molecule has 0 spiro atoms. The fourth-order valence-corrected chi connectivity index (χ4v) is 4.61. The first-order chi connectivity index (χ1) is 13.0. The molecule has 2 aromatic carbocycles. The van der Waals surface area contributed by atoms with Crippen LogP contribution in [-0.2, 0) is 10.0 Å². The monoisotopic (exact) mass is 390 g/mol. The van der Waals surface area contributed by atoms with Gasteiger partial charge in [0.05, 0.1) is 11.4 Å². The number of Topliss-reactive ketones (excluding diaryl/α,β-unsaturated/α-hetero) is 1. The molecule has 27 heavy (non-hydrogen) atoms. The molecular formula is C20H23FN2O3S. The minimum absolute atomic E-state index is 0.0455. The minimum Gasteiger partial charge on any atom is -0.378 e. The van der Waals surface area contributed by atoms with Gasteiger partial charge in [0, 0.05) is 24.3 Å². The second-order valence-corrected chi connectivity index (χ2v) is 8.56. The molecule has 0 bridgehead atoms. The second-order valence-electron chi connectivity index (χ2n) is 6.63. The number of nitrogens with zero attached hydrogens (tertiary/aromatic N) is 1. The molecule has 3 rings (SSSR count). The predicted molar refractivity (Wildman–Crippen MR) is 103 cm³/mol. The van der Waals surface area contributed by atoms with Crippen molar-refractivity contribution >= 4 is 21.5 Å². The van der Waals surface area contributed by atoms with E-state index in [2.05, 4.69) is 5.32 Å². The molecule has 5 nitrogen and oxygen atoms in total. The van der Waals surface area contributed by atoms with Gasteiger partial charge in [-0.3, -0.25) is 4.79 Å². The molecule has 0 unspecified atom stereocenters. The number of carbonyl (C=O) groups is 1. The van der Waals surface area contributed by atoms with Crippen LogP contribution in [0.3, 0.4) is 0 Å². The number of halogens is 1. The highest BCUT2D eigenvalue weighted by atomic mass is 32.2. The molecule has 1 heterocycles. The molecule has 144 valence electrons. The van der Waals surface area contributed by atoms with Gasteiger partial charge in [-0.1, -0.05) is 12.8 Å². The molecule has 0 radical (unpaired) electrons. The van der Waals surface area contributed by atoms with Gasteiger partial charge in [0.2, 0.25) is 10.0 Å². The first-order valence-corrected chi connectivity index (χ1v) is 10.5. The van der Waals surface area contributed by atoms with E-state index in [1.807, 2.05) is 0 Å². The van der Waals surface area contributed by atoms with E-state index in [0.717, 1.165) is 25.7 Å². The smallest absolute Gasteiger partial charge is 0.243 e. The lowest BCUT2D eigenvalue weighted by molar-refractivity contribution is 0.101. The average molecular weight is 390 g/mol. The molecule has 0 saturated carbocycles. The van der Waals surface area contributed by atoms with Crippen molar-refractivity contribution in [2.75, 3.05) is 25.0 Å². The van der Waals surface area contributed by atoms with Crippen molar-refractivity contribution < 1.29 is 17.6 Å². The number of ketones is 1. The van der Waals surface area contributed by atoms with E-state index < -0.39 is 10.0 Å². The number of anilines is 1. The van der Waals surface area contributed by atoms with E-state index in [-0.39, 0.29) is 23.0 Å². The molecule has 0 aromatic heterocycles. The van der Waals surface area contributed by atoms with Crippen molar-refractivity contribution in [3.05, 3.63) is 59.9 Å². The lowest BCUT2D eigenvalue weighted by atomic mass is 10.1. The van der Waals surface area contributed by atoms with Crippen LogP contribution in [-0.4, -0.2) is 38.1 Å². The number of carbonyl (C=O) groups excluding carboxylic acids is 1. The molecule has 1 fully saturated rings. The first kappa shape index (κ1) is 19.5. The molecule has 1 saturated heterocycles. The Kier molecular flexibility index (Phi) is 6.23. The van der Waals surface area contributed by atoms with E-state index in [0.29, 0.717) is 24.3 Å². The van der Waals surface area contributed by atoms with Gasteiger partial charge in [0.25, 0.3) is 0 Å². The zero-order valence-corrected chi connectivity index (χ0v) is 15.8. The summed E-state index contributed by atoms with van der Waals surface area (Å²) in [4.78, 5) is 12.4. The molecule has 0 atom stereocenters. The predicted octanol–water partition coefficient (Wildman–Crippen LogP) is 3.69. The zero-order valence-electron chi connectivity index (χ0n) is 15.0. The third-order valence-electron chi connectivity index (χ3n) is 4.68. The largest absolute Gasteiger partial charge is 0.378 e. The van der Waals surface area contributed by atoms with Gasteiger partial charge < -0.3 is 5.32 Å². The Bertz CT molecular complexity index is 872. The molecule has 0 amide bonds. The maximum absolute atomic E-state index is 12.9. The fourth-order valence-electron chi connectivity index (χ4n) is 3.10. The topological polar surface area (TPSA) is 66.5 Å². The Hall–Kier alpha value is -2.25. The van der Waals surface area contributed by atoms with Gasteiger partial charge in [-0.05, 0) is 61.4 Å². The van der Waals surface area contributed by atoms with Crippen LogP contribution in [0, 0.1) is 5.82 Å². The molecule has 2 aromatic rings. The van der Waals surface area contributed by atoms with Crippen LogP contribution in [0.25, 0.3) is 0 Å². The van der Waals surface area contributed by atoms with Crippen molar-refractivity contribution in [1.29, 1.82) is 0 Å². The number of hydrogen-bond donors (Lipinski definition) is 1. The van der Waals surface area contributed by atoms with Crippen LogP contribution in [0.15, 0.2) is 53.4 Å². The van der Waals surface area contributed by atoms with Crippen LogP contribution in [0.5, 0.6) is 0 Å². The van der Waals surface area contributed by atoms with Crippen LogP contribution in [0.2, 0.25) is 0 Å². The van der Waals surface area contributed by atoms with E-state index in [1.165, 1.54) is 24.3 Å². The molecule has 0 aliphatic carbocycles. The molecule has 1 aliphatic rings. The number of rotatable bonds is 6. The zero-order chi connectivity index (χ0) is 19.3. The second kappa shape index (κ2) is 8.63. The minimum atomic E-state index is -3.48. The standard InChI is InChI=1S/C20H23FN2O3S/c21-17-7-5-16(6-8-17)20(24)15-22-18-9-11-19(12-10-18)27(25,26)23-13-3-1-2-4-14-23/h5-12,22H,1-4,13-15H2. The van der Waals surface area contributed by atoms with Crippen molar-refractivity contribution in [2.24, 2.45) is 0 Å². The summed E-state index contributed by atoms with van der Waals surface area (Å²) in [6, 6.07) is 11.8. The van der Waals surface area contributed by atoms with Crippen molar-refractivity contribution in [3.63, 3.8) is 0 Å². The molecular weight excluding hydrogens is 367 g/mol. The maximum Gasteiger partial charge on any atom is 0.243 e. The number of sulfonamides is 1. The van der Waals surface area contributed by atoms with Gasteiger partial charge in [-0.25, -0.2) is 12.8 Å². The molecule has 1 N–H and O–H groups in total. The Morgan fingerprint density at radius 1 is 0.926 bits per heavy atom. The van der Waals surface area contributed by atoms with E-state index >= 15 is 0 Å². The van der Waals surface area contributed by atoms with Gasteiger partial charge in [0.15, 0.2) is 5.78 Å². The number of benzene rings is 2. The summed E-state index contributed by atoms with van der Waals surface area (Å²) in [5.74, 6) is -0.558. The Morgan fingerprint density at radius 3 is 2.11 bits per heavy atom. The van der Waals surface area contributed by atoms with E-state index in [4.69, 9.17) is 0 Å². The van der Waals surface area contributed by atoms with Crippen molar-refractivity contribution in [2.45, 2.75) is 30.6 Å². The van der Waals surface area contributed by atoms with E-state index in [1.54, 1.807) is 28.6 Å². The number of hydrogen-bond acceptors (Lipinski definition) is 4. The third kappa shape index (κ3) is 4.93. The Labute approximate surface area is 159 Å². The summed E-state index contributed by atoms with van der Waals surface area (Å²) in [6.07, 6.45) is 3.92. The van der Waals surface area contributed by atoms with Gasteiger partial charge in [-0.15, -0.1) is 0 Å². The maximum atomic E-state index is 12.9.